The Balaban J connectivity index is 1.69. The fourth-order valence-corrected chi connectivity index (χ4v) is 3.62. The van der Waals surface area contributed by atoms with Crippen LogP contribution in [-0.2, 0) is 16.1 Å². The summed E-state index contributed by atoms with van der Waals surface area (Å²) in [5, 5.41) is 0. The normalized spacial score (nSPS) is 13.4. The van der Waals surface area contributed by atoms with Gasteiger partial charge in [-0.15, -0.1) is 0 Å². The molecule has 0 saturated carbocycles. The van der Waals surface area contributed by atoms with Gasteiger partial charge in [-0.05, 0) is 49.6 Å². The maximum atomic E-state index is 12.9. The van der Waals surface area contributed by atoms with E-state index in [2.05, 4.69) is 4.90 Å². The Labute approximate surface area is 167 Å². The van der Waals surface area contributed by atoms with E-state index >= 15 is 0 Å². The first-order valence-electron chi connectivity index (χ1n) is 10.0. The molecule has 1 heterocycles. The van der Waals surface area contributed by atoms with Crippen molar-refractivity contribution in [2.45, 2.75) is 33.2 Å². The predicted molar refractivity (Wildman–Crippen MR) is 113 cm³/mol. The van der Waals surface area contributed by atoms with Crippen LogP contribution in [0.5, 0.6) is 0 Å². The molecule has 1 saturated heterocycles. The number of amides is 2. The molecule has 3 rings (SSSR count). The lowest BCUT2D eigenvalue weighted by Gasteiger charge is -2.27. The SMILES string of the molecule is CCN(Cc1ccccc1)C(=O)CN(C(C)=O)c1ccc(N2CCCC2)cc1. The number of nitrogens with zero attached hydrogens (tertiary/aromatic N) is 3. The topological polar surface area (TPSA) is 43.9 Å². The standard InChI is InChI=1S/C23H29N3O2/c1-3-24(17-20-9-5-4-6-10-20)23(28)18-26(19(2)27)22-13-11-21(12-14-22)25-15-7-8-16-25/h4-6,9-14H,3,7-8,15-18H2,1-2H3. The molecule has 28 heavy (non-hydrogen) atoms. The van der Waals surface area contributed by atoms with Gasteiger partial charge in [0.15, 0.2) is 0 Å². The van der Waals surface area contributed by atoms with Crippen molar-refractivity contribution in [1.29, 1.82) is 0 Å². The summed E-state index contributed by atoms with van der Waals surface area (Å²) < 4.78 is 0. The van der Waals surface area contributed by atoms with Gasteiger partial charge in [0.2, 0.25) is 11.8 Å². The molecule has 0 bridgehead atoms. The summed E-state index contributed by atoms with van der Waals surface area (Å²) in [4.78, 5) is 30.8. The van der Waals surface area contributed by atoms with Crippen molar-refractivity contribution in [3.8, 4) is 0 Å². The molecular weight excluding hydrogens is 350 g/mol. The van der Waals surface area contributed by atoms with Crippen LogP contribution in [0.25, 0.3) is 0 Å². The van der Waals surface area contributed by atoms with E-state index in [0.717, 1.165) is 24.3 Å². The molecule has 0 aromatic heterocycles. The zero-order valence-corrected chi connectivity index (χ0v) is 16.8. The molecule has 0 N–H and O–H groups in total. The second-order valence-corrected chi connectivity index (χ2v) is 7.21. The van der Waals surface area contributed by atoms with Gasteiger partial charge in [-0.1, -0.05) is 30.3 Å². The van der Waals surface area contributed by atoms with Crippen molar-refractivity contribution >= 4 is 23.2 Å². The average molecular weight is 380 g/mol. The summed E-state index contributed by atoms with van der Waals surface area (Å²) in [5.41, 5.74) is 3.02. The molecule has 2 aromatic rings. The van der Waals surface area contributed by atoms with Gasteiger partial charge in [-0.25, -0.2) is 0 Å². The monoisotopic (exact) mass is 379 g/mol. The van der Waals surface area contributed by atoms with E-state index in [1.54, 1.807) is 9.80 Å². The van der Waals surface area contributed by atoms with Crippen molar-refractivity contribution in [3.63, 3.8) is 0 Å². The van der Waals surface area contributed by atoms with Crippen LogP contribution in [0.1, 0.15) is 32.3 Å². The van der Waals surface area contributed by atoms with Gasteiger partial charge in [-0.3, -0.25) is 9.59 Å². The van der Waals surface area contributed by atoms with Crippen molar-refractivity contribution in [2.24, 2.45) is 0 Å². The summed E-state index contributed by atoms with van der Waals surface area (Å²) in [6, 6.07) is 17.9. The predicted octanol–water partition coefficient (Wildman–Crippen LogP) is 3.69. The number of rotatable bonds is 7. The van der Waals surface area contributed by atoms with E-state index < -0.39 is 0 Å². The Morgan fingerprint density at radius 3 is 2.18 bits per heavy atom. The van der Waals surface area contributed by atoms with Gasteiger partial charge in [-0.2, -0.15) is 0 Å². The summed E-state index contributed by atoms with van der Waals surface area (Å²) >= 11 is 0. The maximum absolute atomic E-state index is 12.9. The zero-order chi connectivity index (χ0) is 19.9. The van der Waals surface area contributed by atoms with Crippen LogP contribution in [0, 0.1) is 0 Å². The molecule has 2 amide bonds. The summed E-state index contributed by atoms with van der Waals surface area (Å²) in [5.74, 6) is -0.178. The molecule has 1 aliphatic heterocycles. The Kier molecular flexibility index (Phi) is 6.69. The highest BCUT2D eigenvalue weighted by Gasteiger charge is 2.20. The number of carbonyl (C=O) groups excluding carboxylic acids is 2. The molecule has 1 aliphatic rings. The van der Waals surface area contributed by atoms with E-state index in [1.807, 2.05) is 61.5 Å². The lowest BCUT2D eigenvalue weighted by molar-refractivity contribution is -0.131. The zero-order valence-electron chi connectivity index (χ0n) is 16.8. The number of hydrogen-bond donors (Lipinski definition) is 0. The van der Waals surface area contributed by atoms with Gasteiger partial charge in [0.05, 0.1) is 0 Å². The van der Waals surface area contributed by atoms with Crippen LogP contribution in [0.4, 0.5) is 11.4 Å². The molecule has 0 radical (unpaired) electrons. The molecule has 0 unspecified atom stereocenters. The van der Waals surface area contributed by atoms with Gasteiger partial charge < -0.3 is 14.7 Å². The van der Waals surface area contributed by atoms with Crippen molar-refractivity contribution in [2.75, 3.05) is 36.0 Å². The number of hydrogen-bond acceptors (Lipinski definition) is 3. The highest BCUT2D eigenvalue weighted by molar-refractivity contribution is 5.97. The third kappa shape index (κ3) is 4.91. The van der Waals surface area contributed by atoms with Gasteiger partial charge in [0.1, 0.15) is 6.54 Å². The summed E-state index contributed by atoms with van der Waals surface area (Å²) in [6.07, 6.45) is 2.45. The number of carbonyl (C=O) groups is 2. The van der Waals surface area contributed by atoms with Crippen LogP contribution >= 0.6 is 0 Å². The summed E-state index contributed by atoms with van der Waals surface area (Å²) in [6.45, 7) is 6.85. The Hall–Kier alpha value is -2.82. The average Bonchev–Trinajstić information content (AvgIpc) is 3.25. The molecule has 5 nitrogen and oxygen atoms in total. The van der Waals surface area contributed by atoms with Gasteiger partial charge in [0.25, 0.3) is 0 Å². The molecule has 5 heteroatoms. The minimum atomic E-state index is -0.127. The van der Waals surface area contributed by atoms with Gasteiger partial charge in [0, 0.05) is 44.5 Å². The maximum Gasteiger partial charge on any atom is 0.242 e. The first-order chi connectivity index (χ1) is 13.6. The number of anilines is 2. The third-order valence-corrected chi connectivity index (χ3v) is 5.26. The molecule has 148 valence electrons. The van der Waals surface area contributed by atoms with E-state index in [-0.39, 0.29) is 18.4 Å². The quantitative estimate of drug-likeness (QED) is 0.737. The van der Waals surface area contributed by atoms with Crippen molar-refractivity contribution in [1.82, 2.24) is 4.90 Å². The van der Waals surface area contributed by atoms with Crippen LogP contribution in [0.3, 0.4) is 0 Å². The Morgan fingerprint density at radius 2 is 1.61 bits per heavy atom. The molecule has 0 spiro atoms. The first kappa shape index (κ1) is 19.9. The van der Waals surface area contributed by atoms with Crippen LogP contribution in [0.2, 0.25) is 0 Å². The van der Waals surface area contributed by atoms with E-state index in [4.69, 9.17) is 0 Å². The lowest BCUT2D eigenvalue weighted by atomic mass is 10.2. The molecule has 0 aliphatic carbocycles. The smallest absolute Gasteiger partial charge is 0.242 e. The Morgan fingerprint density at radius 1 is 0.964 bits per heavy atom. The number of benzene rings is 2. The first-order valence-corrected chi connectivity index (χ1v) is 10.0. The second-order valence-electron chi connectivity index (χ2n) is 7.21. The van der Waals surface area contributed by atoms with E-state index in [0.29, 0.717) is 13.1 Å². The largest absolute Gasteiger partial charge is 0.372 e. The lowest BCUT2D eigenvalue weighted by Crippen LogP contribution is -2.42. The van der Waals surface area contributed by atoms with Crippen LogP contribution in [0.15, 0.2) is 54.6 Å². The minimum Gasteiger partial charge on any atom is -0.372 e. The van der Waals surface area contributed by atoms with E-state index in [1.165, 1.54) is 25.5 Å². The van der Waals surface area contributed by atoms with Gasteiger partial charge >= 0.3 is 0 Å². The van der Waals surface area contributed by atoms with Crippen LogP contribution < -0.4 is 9.80 Å². The van der Waals surface area contributed by atoms with Crippen molar-refractivity contribution in [3.05, 3.63) is 60.2 Å². The third-order valence-electron chi connectivity index (χ3n) is 5.26. The Bertz CT molecular complexity index is 783. The molecule has 2 aromatic carbocycles. The van der Waals surface area contributed by atoms with E-state index in [9.17, 15) is 9.59 Å². The fourth-order valence-electron chi connectivity index (χ4n) is 3.62. The molecular formula is C23H29N3O2. The molecule has 0 atom stereocenters. The highest BCUT2D eigenvalue weighted by atomic mass is 16.2. The van der Waals surface area contributed by atoms with Crippen LogP contribution in [-0.4, -0.2) is 42.9 Å². The fraction of sp³-hybridized carbons (Fsp3) is 0.391. The summed E-state index contributed by atoms with van der Waals surface area (Å²) in [7, 11) is 0. The second kappa shape index (κ2) is 9.40. The molecule has 1 fully saturated rings. The number of likely N-dealkylation sites (N-methyl/N-ethyl adjacent to an activating group) is 1. The highest BCUT2D eigenvalue weighted by Crippen LogP contribution is 2.24. The minimum absolute atomic E-state index is 0.0508. The van der Waals surface area contributed by atoms with Crippen molar-refractivity contribution < 1.29 is 9.59 Å².